The lowest BCUT2D eigenvalue weighted by molar-refractivity contribution is -0.121. The first-order valence-electron chi connectivity index (χ1n) is 14.2. The molecule has 1 aromatic carbocycles. The van der Waals surface area contributed by atoms with Crippen LogP contribution in [0.4, 0.5) is 4.79 Å². The van der Waals surface area contributed by atoms with Crippen LogP contribution in [0, 0.1) is 0 Å². The van der Waals surface area contributed by atoms with Crippen LogP contribution in [-0.4, -0.2) is 29.7 Å². The van der Waals surface area contributed by atoms with Gasteiger partial charge in [0, 0.05) is 30.5 Å². The molecule has 1 saturated carbocycles. The molecule has 2 aliphatic rings. The summed E-state index contributed by atoms with van der Waals surface area (Å²) in [7, 11) is 0. The highest BCUT2D eigenvalue weighted by atomic mass is 16.6. The highest BCUT2D eigenvalue weighted by Gasteiger charge is 2.37. The molecule has 1 spiro atoms. The zero-order valence-electron chi connectivity index (χ0n) is 23.4. The number of carbonyl (C=O) groups is 2. The molecular weight excluding hydrogens is 482 g/mol. The first-order chi connectivity index (χ1) is 18.2. The van der Waals surface area contributed by atoms with E-state index in [4.69, 9.17) is 13.9 Å². The molecule has 2 aromatic rings. The van der Waals surface area contributed by atoms with E-state index in [1.54, 1.807) is 0 Å². The van der Waals surface area contributed by atoms with Gasteiger partial charge in [-0.05, 0) is 95.8 Å². The molecule has 38 heavy (non-hydrogen) atoms. The number of nitrogens with zero attached hydrogens (tertiary/aromatic N) is 1. The Morgan fingerprint density at radius 3 is 2.58 bits per heavy atom. The zero-order valence-corrected chi connectivity index (χ0v) is 23.4. The van der Waals surface area contributed by atoms with Gasteiger partial charge in [0.2, 0.25) is 11.5 Å². The highest BCUT2D eigenvalue weighted by molar-refractivity contribution is 5.83. The van der Waals surface area contributed by atoms with Gasteiger partial charge >= 0.3 is 6.09 Å². The quantitative estimate of drug-likeness (QED) is 0.323. The van der Waals surface area contributed by atoms with Crippen molar-refractivity contribution in [1.82, 2.24) is 10.7 Å². The van der Waals surface area contributed by atoms with E-state index in [-0.39, 0.29) is 11.5 Å². The molecule has 2 N–H and O–H groups in total. The van der Waals surface area contributed by atoms with Gasteiger partial charge < -0.3 is 19.2 Å². The van der Waals surface area contributed by atoms with Crippen LogP contribution in [0.3, 0.4) is 0 Å². The van der Waals surface area contributed by atoms with Crippen molar-refractivity contribution >= 4 is 23.0 Å². The molecule has 0 saturated heterocycles. The van der Waals surface area contributed by atoms with E-state index >= 15 is 0 Å². The Labute approximate surface area is 225 Å². The maximum Gasteiger partial charge on any atom is 0.407 e. The summed E-state index contributed by atoms with van der Waals surface area (Å²) in [4.78, 5) is 24.0. The lowest BCUT2D eigenvalue weighted by atomic mass is 9.79. The smallest absolute Gasteiger partial charge is 0.407 e. The van der Waals surface area contributed by atoms with E-state index in [0.29, 0.717) is 24.9 Å². The molecule has 0 unspecified atom stereocenters. The Morgan fingerprint density at radius 1 is 1.05 bits per heavy atom. The van der Waals surface area contributed by atoms with E-state index in [1.165, 1.54) is 24.8 Å². The SMILES string of the molecule is CCc1c/c(=N\NC(=O)CCCCCNC(=O)OC(C)(C)C)oc2cc3c(cc12)CCC1(CCCCC1)O3. The predicted molar refractivity (Wildman–Crippen MR) is 147 cm³/mol. The Kier molecular flexibility index (Phi) is 9.00. The van der Waals surface area contributed by atoms with Gasteiger partial charge in [-0.1, -0.05) is 19.8 Å². The van der Waals surface area contributed by atoms with Crippen LogP contribution in [0.1, 0.15) is 103 Å². The van der Waals surface area contributed by atoms with Crippen molar-refractivity contribution in [3.05, 3.63) is 34.9 Å². The zero-order chi connectivity index (χ0) is 27.2. The standard InChI is InChI=1S/C30H43N3O5/c1-5-21-19-27(33-32-26(34)12-8-6-11-17-31-28(35)38-29(2,3)4)36-25-20-24-22(18-23(21)25)13-16-30(37-24)14-9-7-10-15-30/h18-20H,5-17H2,1-4H3,(H,31,35)(H,32,34)/b33-27+. The van der Waals surface area contributed by atoms with Gasteiger partial charge in [-0.3, -0.25) is 4.79 Å². The number of ether oxygens (including phenoxy) is 2. The Morgan fingerprint density at radius 2 is 1.84 bits per heavy atom. The maximum atomic E-state index is 12.3. The number of aryl methyl sites for hydroxylation is 2. The van der Waals surface area contributed by atoms with Gasteiger partial charge in [-0.2, -0.15) is 0 Å². The van der Waals surface area contributed by atoms with Gasteiger partial charge in [0.05, 0.1) is 0 Å². The maximum absolute atomic E-state index is 12.3. The summed E-state index contributed by atoms with van der Waals surface area (Å²) in [5.41, 5.74) is 5.61. The first-order valence-corrected chi connectivity index (χ1v) is 14.2. The number of hydrogen-bond acceptors (Lipinski definition) is 6. The number of alkyl carbamates (subject to hydrolysis) is 1. The van der Waals surface area contributed by atoms with Crippen molar-refractivity contribution < 1.29 is 23.5 Å². The summed E-state index contributed by atoms with van der Waals surface area (Å²) in [5, 5.41) is 8.07. The third-order valence-corrected chi connectivity index (χ3v) is 7.38. The summed E-state index contributed by atoms with van der Waals surface area (Å²) in [6.45, 7) is 8.13. The summed E-state index contributed by atoms with van der Waals surface area (Å²) in [5.74, 6) is 0.769. The summed E-state index contributed by atoms with van der Waals surface area (Å²) in [6.07, 6.45) is 11.2. The topological polar surface area (TPSA) is 102 Å². The number of rotatable bonds is 8. The van der Waals surface area contributed by atoms with Crippen molar-refractivity contribution in [2.75, 3.05) is 6.54 Å². The van der Waals surface area contributed by atoms with Gasteiger partial charge in [0.1, 0.15) is 22.5 Å². The molecule has 208 valence electrons. The van der Waals surface area contributed by atoms with Crippen LogP contribution in [0.25, 0.3) is 11.0 Å². The number of nitrogens with one attached hydrogen (secondary N) is 2. The van der Waals surface area contributed by atoms with Crippen LogP contribution in [0.2, 0.25) is 0 Å². The Bertz CT molecular complexity index is 1200. The van der Waals surface area contributed by atoms with Crippen molar-refractivity contribution in [3.63, 3.8) is 0 Å². The monoisotopic (exact) mass is 525 g/mol. The highest BCUT2D eigenvalue weighted by Crippen LogP contribution is 2.43. The van der Waals surface area contributed by atoms with E-state index < -0.39 is 11.7 Å². The largest absolute Gasteiger partial charge is 0.487 e. The first kappa shape index (κ1) is 28.0. The number of unbranched alkanes of at least 4 members (excludes halogenated alkanes) is 2. The molecule has 2 heterocycles. The Hall–Kier alpha value is -3.03. The summed E-state index contributed by atoms with van der Waals surface area (Å²) in [6, 6.07) is 6.14. The molecule has 8 nitrogen and oxygen atoms in total. The fraction of sp³-hybridized carbons (Fsp3) is 0.633. The average molecular weight is 526 g/mol. The van der Waals surface area contributed by atoms with Crippen molar-refractivity contribution in [3.8, 4) is 5.75 Å². The number of carbonyl (C=O) groups excluding carboxylic acids is 2. The second-order valence-corrected chi connectivity index (χ2v) is 11.7. The molecular formula is C30H43N3O5. The fourth-order valence-corrected chi connectivity index (χ4v) is 5.41. The number of fused-ring (bicyclic) bond motifs is 2. The predicted octanol–water partition coefficient (Wildman–Crippen LogP) is 6.04. The lowest BCUT2D eigenvalue weighted by Crippen LogP contribution is -2.41. The molecule has 0 radical (unpaired) electrons. The summed E-state index contributed by atoms with van der Waals surface area (Å²) >= 11 is 0. The van der Waals surface area contributed by atoms with Crippen LogP contribution >= 0.6 is 0 Å². The number of amides is 2. The minimum absolute atomic E-state index is 0.0196. The van der Waals surface area contributed by atoms with Gasteiger partial charge in [0.15, 0.2) is 0 Å². The lowest BCUT2D eigenvalue weighted by Gasteiger charge is -2.41. The number of hydrogen-bond donors (Lipinski definition) is 2. The van der Waals surface area contributed by atoms with Gasteiger partial charge in [0.25, 0.3) is 0 Å². The molecule has 0 atom stereocenters. The van der Waals surface area contributed by atoms with E-state index in [0.717, 1.165) is 67.2 Å². The third kappa shape index (κ3) is 7.51. The van der Waals surface area contributed by atoms with Crippen molar-refractivity contribution in [1.29, 1.82) is 0 Å². The number of benzene rings is 1. The van der Waals surface area contributed by atoms with E-state index in [1.807, 2.05) is 32.9 Å². The van der Waals surface area contributed by atoms with Crippen LogP contribution in [-0.2, 0) is 22.4 Å². The van der Waals surface area contributed by atoms with Crippen LogP contribution < -0.4 is 21.0 Å². The average Bonchev–Trinajstić information content (AvgIpc) is 2.87. The van der Waals surface area contributed by atoms with Crippen molar-refractivity contribution in [2.24, 2.45) is 5.10 Å². The molecule has 1 aliphatic heterocycles. The second-order valence-electron chi connectivity index (χ2n) is 11.7. The van der Waals surface area contributed by atoms with Crippen LogP contribution in [0.5, 0.6) is 5.75 Å². The minimum Gasteiger partial charge on any atom is -0.487 e. The fourth-order valence-electron chi connectivity index (χ4n) is 5.41. The van der Waals surface area contributed by atoms with Crippen molar-refractivity contribution in [2.45, 2.75) is 116 Å². The normalized spacial score (nSPS) is 17.1. The minimum atomic E-state index is -0.508. The molecule has 4 rings (SSSR count). The third-order valence-electron chi connectivity index (χ3n) is 7.38. The molecule has 2 amide bonds. The van der Waals surface area contributed by atoms with Gasteiger partial charge in [-0.15, -0.1) is 5.10 Å². The summed E-state index contributed by atoms with van der Waals surface area (Å²) < 4.78 is 17.9. The van der Waals surface area contributed by atoms with E-state index in [9.17, 15) is 9.59 Å². The molecule has 1 aromatic heterocycles. The van der Waals surface area contributed by atoms with Gasteiger partial charge in [-0.25, -0.2) is 10.2 Å². The molecule has 1 fully saturated rings. The van der Waals surface area contributed by atoms with Crippen LogP contribution in [0.15, 0.2) is 27.7 Å². The van der Waals surface area contributed by atoms with E-state index in [2.05, 4.69) is 28.8 Å². The molecule has 1 aliphatic carbocycles. The second kappa shape index (κ2) is 12.2. The molecule has 0 bridgehead atoms. The Balaban J connectivity index is 1.33. The molecule has 8 heteroatoms.